The molecule has 1 heterocycles. The van der Waals surface area contributed by atoms with Gasteiger partial charge in [0.2, 0.25) is 0 Å². The van der Waals surface area contributed by atoms with Crippen LogP contribution in [0.15, 0.2) is 58.5 Å². The van der Waals surface area contributed by atoms with Crippen LogP contribution in [0.4, 0.5) is 0 Å². The van der Waals surface area contributed by atoms with Gasteiger partial charge in [0.25, 0.3) is 0 Å². The maximum atomic E-state index is 5.96. The summed E-state index contributed by atoms with van der Waals surface area (Å²) in [4.78, 5) is 0. The standard InChI is InChI=1S/C20H22OP2/c1-13(7-8-22)16(12-23)10-15-11-18-17-5-3-4-6-19(17)21-20(18)9-14(15)2/h3-6,9-11H,1,7-8,12,22-23H2,2H3/b16-10-. The predicted molar refractivity (Wildman–Crippen MR) is 109 cm³/mol. The summed E-state index contributed by atoms with van der Waals surface area (Å²) in [6.45, 7) is 6.37. The summed E-state index contributed by atoms with van der Waals surface area (Å²) in [6.07, 6.45) is 5.26. The molecule has 0 N–H and O–H groups in total. The van der Waals surface area contributed by atoms with Crippen LogP contribution < -0.4 is 0 Å². The normalized spacial score (nSPS) is 12.2. The fourth-order valence-electron chi connectivity index (χ4n) is 2.87. The minimum atomic E-state index is 0.924. The molecule has 2 atom stereocenters. The smallest absolute Gasteiger partial charge is 0.135 e. The van der Waals surface area contributed by atoms with Crippen molar-refractivity contribution in [1.29, 1.82) is 0 Å². The van der Waals surface area contributed by atoms with E-state index >= 15 is 0 Å². The van der Waals surface area contributed by atoms with Crippen molar-refractivity contribution >= 4 is 46.5 Å². The molecule has 0 aliphatic carbocycles. The second-order valence-corrected chi connectivity index (χ2v) is 6.80. The second-order valence-electron chi connectivity index (χ2n) is 5.82. The van der Waals surface area contributed by atoms with Crippen molar-refractivity contribution in [3.63, 3.8) is 0 Å². The molecule has 0 saturated carbocycles. The third-order valence-electron chi connectivity index (χ3n) is 4.22. The van der Waals surface area contributed by atoms with Crippen LogP contribution >= 0.6 is 18.5 Å². The van der Waals surface area contributed by atoms with E-state index < -0.39 is 0 Å². The number of rotatable bonds is 5. The molecule has 2 unspecified atom stereocenters. The molecule has 1 aromatic heterocycles. The zero-order chi connectivity index (χ0) is 16.4. The lowest BCUT2D eigenvalue weighted by Crippen LogP contribution is -1.92. The highest BCUT2D eigenvalue weighted by molar-refractivity contribution is 7.17. The predicted octanol–water partition coefficient (Wildman–Crippen LogP) is 5.97. The lowest BCUT2D eigenvalue weighted by Gasteiger charge is -2.09. The Morgan fingerprint density at radius 3 is 2.65 bits per heavy atom. The van der Waals surface area contributed by atoms with Crippen LogP contribution in [0.5, 0.6) is 0 Å². The highest BCUT2D eigenvalue weighted by Gasteiger charge is 2.09. The van der Waals surface area contributed by atoms with Gasteiger partial charge in [-0.25, -0.2) is 0 Å². The highest BCUT2D eigenvalue weighted by Crippen LogP contribution is 2.32. The second kappa shape index (κ2) is 7.00. The van der Waals surface area contributed by atoms with E-state index in [4.69, 9.17) is 4.42 Å². The van der Waals surface area contributed by atoms with Crippen LogP contribution in [0, 0.1) is 6.92 Å². The summed E-state index contributed by atoms with van der Waals surface area (Å²) in [5, 5.41) is 2.35. The largest absolute Gasteiger partial charge is 0.456 e. The molecule has 0 spiro atoms. The molecule has 0 bridgehead atoms. The van der Waals surface area contributed by atoms with Crippen molar-refractivity contribution < 1.29 is 4.42 Å². The summed E-state index contributed by atoms with van der Waals surface area (Å²) < 4.78 is 5.96. The Kier molecular flexibility index (Phi) is 5.00. The summed E-state index contributed by atoms with van der Waals surface area (Å²) in [5.41, 5.74) is 6.88. The number of aryl methyl sites for hydroxylation is 1. The average molecular weight is 340 g/mol. The van der Waals surface area contributed by atoms with Gasteiger partial charge in [-0.1, -0.05) is 36.4 Å². The van der Waals surface area contributed by atoms with Gasteiger partial charge in [-0.2, -0.15) is 0 Å². The van der Waals surface area contributed by atoms with Crippen LogP contribution in [0.2, 0.25) is 0 Å². The number of allylic oxidation sites excluding steroid dienone is 2. The van der Waals surface area contributed by atoms with Gasteiger partial charge in [-0.3, -0.25) is 0 Å². The van der Waals surface area contributed by atoms with E-state index in [0.717, 1.165) is 29.9 Å². The number of hydrogen-bond donors (Lipinski definition) is 0. The van der Waals surface area contributed by atoms with Crippen molar-refractivity contribution in [3.05, 3.63) is 65.3 Å². The zero-order valence-corrected chi connectivity index (χ0v) is 15.7. The van der Waals surface area contributed by atoms with E-state index in [-0.39, 0.29) is 0 Å². The van der Waals surface area contributed by atoms with Gasteiger partial charge < -0.3 is 4.42 Å². The topological polar surface area (TPSA) is 13.1 Å². The molecule has 0 amide bonds. The van der Waals surface area contributed by atoms with Crippen LogP contribution in [-0.2, 0) is 0 Å². The molecule has 0 aliphatic heterocycles. The Bertz CT molecular complexity index is 903. The van der Waals surface area contributed by atoms with Gasteiger partial charge in [0.05, 0.1) is 0 Å². The lowest BCUT2D eigenvalue weighted by molar-refractivity contribution is 0.668. The first kappa shape index (κ1) is 16.4. The maximum Gasteiger partial charge on any atom is 0.135 e. The molecule has 1 nitrogen and oxygen atoms in total. The van der Waals surface area contributed by atoms with Crippen molar-refractivity contribution in [1.82, 2.24) is 0 Å². The first-order chi connectivity index (χ1) is 11.1. The SMILES string of the molecule is C=C(CCP)/C(=C\c1cc2c(cc1C)oc1ccccc12)CP. The molecule has 0 radical (unpaired) electrons. The Hall–Kier alpha value is -1.42. The zero-order valence-electron chi connectivity index (χ0n) is 13.4. The third-order valence-corrected chi connectivity index (χ3v) is 4.94. The van der Waals surface area contributed by atoms with E-state index in [1.165, 1.54) is 33.0 Å². The monoisotopic (exact) mass is 340 g/mol. The molecule has 3 aromatic rings. The van der Waals surface area contributed by atoms with Gasteiger partial charge >= 0.3 is 0 Å². The van der Waals surface area contributed by atoms with Crippen LogP contribution in [0.3, 0.4) is 0 Å². The minimum Gasteiger partial charge on any atom is -0.456 e. The first-order valence-corrected chi connectivity index (χ1v) is 9.48. The van der Waals surface area contributed by atoms with E-state index in [2.05, 4.69) is 62.3 Å². The Balaban J connectivity index is 2.15. The molecule has 118 valence electrons. The van der Waals surface area contributed by atoms with E-state index in [1.807, 2.05) is 12.1 Å². The molecule has 2 aromatic carbocycles. The molecule has 0 fully saturated rings. The number of benzene rings is 2. The fourth-order valence-corrected chi connectivity index (χ4v) is 3.63. The van der Waals surface area contributed by atoms with Crippen molar-refractivity contribution in [2.45, 2.75) is 13.3 Å². The van der Waals surface area contributed by atoms with Gasteiger partial charge in [-0.05, 0) is 60.6 Å². The third kappa shape index (κ3) is 3.27. The summed E-state index contributed by atoms with van der Waals surface area (Å²) >= 11 is 0. The Morgan fingerprint density at radius 1 is 1.13 bits per heavy atom. The van der Waals surface area contributed by atoms with Gasteiger partial charge in [0.1, 0.15) is 11.2 Å². The van der Waals surface area contributed by atoms with Gasteiger partial charge in [0, 0.05) is 10.8 Å². The molecule has 0 aliphatic rings. The number of hydrogen-bond acceptors (Lipinski definition) is 1. The molecule has 23 heavy (non-hydrogen) atoms. The fraction of sp³-hybridized carbons (Fsp3) is 0.200. The number of furan rings is 1. The summed E-state index contributed by atoms with van der Waals surface area (Å²) in [5.74, 6) is 0. The molecular weight excluding hydrogens is 318 g/mol. The Morgan fingerprint density at radius 2 is 1.91 bits per heavy atom. The maximum absolute atomic E-state index is 5.96. The van der Waals surface area contributed by atoms with Crippen molar-refractivity contribution in [3.8, 4) is 0 Å². The average Bonchev–Trinajstić information content (AvgIpc) is 2.90. The molecule has 3 heteroatoms. The lowest BCUT2D eigenvalue weighted by atomic mass is 9.99. The molecule has 3 rings (SSSR count). The van der Waals surface area contributed by atoms with Crippen LogP contribution in [-0.4, -0.2) is 12.3 Å². The van der Waals surface area contributed by atoms with Crippen LogP contribution in [0.1, 0.15) is 17.5 Å². The van der Waals surface area contributed by atoms with Crippen molar-refractivity contribution in [2.24, 2.45) is 0 Å². The minimum absolute atomic E-state index is 0.924. The van der Waals surface area contributed by atoms with Gasteiger partial charge in [0.15, 0.2) is 0 Å². The Labute approximate surface area is 142 Å². The quantitative estimate of drug-likeness (QED) is 0.412. The molecule has 0 saturated heterocycles. The van der Waals surface area contributed by atoms with E-state index in [1.54, 1.807) is 0 Å². The van der Waals surface area contributed by atoms with E-state index in [0.29, 0.717) is 0 Å². The van der Waals surface area contributed by atoms with Crippen molar-refractivity contribution in [2.75, 3.05) is 12.3 Å². The number of para-hydroxylation sites is 1. The first-order valence-electron chi connectivity index (χ1n) is 7.84. The summed E-state index contributed by atoms with van der Waals surface area (Å²) in [7, 11) is 5.59. The van der Waals surface area contributed by atoms with Gasteiger partial charge in [-0.15, -0.1) is 18.5 Å². The summed E-state index contributed by atoms with van der Waals surface area (Å²) in [6, 6.07) is 12.6. The van der Waals surface area contributed by atoms with E-state index in [9.17, 15) is 0 Å². The number of fused-ring (bicyclic) bond motifs is 3. The van der Waals surface area contributed by atoms with Crippen LogP contribution in [0.25, 0.3) is 28.0 Å². The highest BCUT2D eigenvalue weighted by atomic mass is 31.0. The molecular formula is C20H22OP2.